The summed E-state index contributed by atoms with van der Waals surface area (Å²) in [4.78, 5) is 16.1. The molecule has 0 radical (unpaired) electrons. The van der Waals surface area contributed by atoms with E-state index in [4.69, 9.17) is 5.73 Å². The molecule has 0 atom stereocenters. The third-order valence-electron chi connectivity index (χ3n) is 4.51. The number of nitrogens with two attached hydrogens (primary N) is 1. The van der Waals surface area contributed by atoms with Crippen LogP contribution in [0.1, 0.15) is 40.5 Å². The highest BCUT2D eigenvalue weighted by Crippen LogP contribution is 2.44. The first kappa shape index (κ1) is 19.9. The van der Waals surface area contributed by atoms with Crippen LogP contribution in [0.4, 0.5) is 13.2 Å². The Morgan fingerprint density at radius 1 is 1.18 bits per heavy atom. The molecule has 5 nitrogen and oxygen atoms in total. The van der Waals surface area contributed by atoms with Crippen LogP contribution in [0, 0.1) is 0 Å². The molecule has 4 rings (SSSR count). The minimum atomic E-state index is -4.58. The van der Waals surface area contributed by atoms with Crippen molar-refractivity contribution in [3.8, 4) is 16.8 Å². The number of rotatable bonds is 4. The fourth-order valence-electron chi connectivity index (χ4n) is 3.11. The Bertz CT molecular complexity index is 1010. The zero-order valence-electron chi connectivity index (χ0n) is 14.5. The molecule has 0 saturated heterocycles. The lowest BCUT2D eigenvalue weighted by Crippen LogP contribution is -2.17. The lowest BCUT2D eigenvalue weighted by molar-refractivity contribution is -0.141. The fourth-order valence-corrected chi connectivity index (χ4v) is 3.11. The van der Waals surface area contributed by atoms with Crippen LogP contribution in [0.5, 0.6) is 0 Å². The second kappa shape index (κ2) is 7.27. The summed E-state index contributed by atoms with van der Waals surface area (Å²) in [5.41, 5.74) is 6.51. The van der Waals surface area contributed by atoms with Crippen molar-refractivity contribution in [2.24, 2.45) is 5.73 Å². The SMILES string of the molecule is Cl.NC(=O)c1cccc(-c2cccnc2)c1-n1nc(C(F)(F)F)cc1C1CC1. The van der Waals surface area contributed by atoms with Crippen molar-refractivity contribution in [2.45, 2.75) is 24.9 Å². The van der Waals surface area contributed by atoms with Gasteiger partial charge in [0.2, 0.25) is 0 Å². The largest absolute Gasteiger partial charge is 0.435 e. The first-order valence-corrected chi connectivity index (χ1v) is 8.37. The summed E-state index contributed by atoms with van der Waals surface area (Å²) in [6, 6.07) is 9.37. The molecule has 0 aliphatic heterocycles. The molecule has 2 N–H and O–H groups in total. The van der Waals surface area contributed by atoms with Gasteiger partial charge in [-0.1, -0.05) is 18.2 Å². The number of hydrogen-bond donors (Lipinski definition) is 1. The van der Waals surface area contributed by atoms with Crippen molar-refractivity contribution < 1.29 is 18.0 Å². The number of nitrogens with zero attached hydrogens (tertiary/aromatic N) is 3. The van der Waals surface area contributed by atoms with Crippen LogP contribution in [-0.4, -0.2) is 20.7 Å². The second-order valence-corrected chi connectivity index (χ2v) is 6.45. The number of benzene rings is 1. The van der Waals surface area contributed by atoms with Gasteiger partial charge in [0, 0.05) is 35.1 Å². The maximum absolute atomic E-state index is 13.3. The van der Waals surface area contributed by atoms with Crippen molar-refractivity contribution >= 4 is 18.3 Å². The van der Waals surface area contributed by atoms with Gasteiger partial charge in [0.15, 0.2) is 5.69 Å². The minimum Gasteiger partial charge on any atom is -0.366 e. The van der Waals surface area contributed by atoms with Crippen LogP contribution in [-0.2, 0) is 6.18 Å². The Morgan fingerprint density at radius 2 is 1.93 bits per heavy atom. The van der Waals surface area contributed by atoms with Crippen molar-refractivity contribution in [3.05, 3.63) is 65.7 Å². The van der Waals surface area contributed by atoms with Crippen LogP contribution >= 0.6 is 12.4 Å². The number of amides is 1. The first-order chi connectivity index (χ1) is 12.9. The highest BCUT2D eigenvalue weighted by Gasteiger charge is 2.38. The molecule has 0 unspecified atom stereocenters. The summed E-state index contributed by atoms with van der Waals surface area (Å²) in [7, 11) is 0. The Labute approximate surface area is 164 Å². The maximum atomic E-state index is 13.3. The topological polar surface area (TPSA) is 73.8 Å². The highest BCUT2D eigenvalue weighted by molar-refractivity contribution is 5.99. The Hall–Kier alpha value is -2.87. The number of aromatic nitrogens is 3. The van der Waals surface area contributed by atoms with Gasteiger partial charge >= 0.3 is 6.18 Å². The van der Waals surface area contributed by atoms with Crippen LogP contribution < -0.4 is 5.73 Å². The van der Waals surface area contributed by atoms with E-state index in [1.54, 1.807) is 36.7 Å². The zero-order valence-corrected chi connectivity index (χ0v) is 15.3. The van der Waals surface area contributed by atoms with Crippen molar-refractivity contribution in [1.29, 1.82) is 0 Å². The predicted molar refractivity (Wildman–Crippen MR) is 99.5 cm³/mol. The summed E-state index contributed by atoms with van der Waals surface area (Å²) >= 11 is 0. The lowest BCUT2D eigenvalue weighted by Gasteiger charge is -2.16. The molecule has 0 bridgehead atoms. The first-order valence-electron chi connectivity index (χ1n) is 8.37. The summed E-state index contributed by atoms with van der Waals surface area (Å²) in [6.45, 7) is 0. The molecule has 1 amide bonds. The smallest absolute Gasteiger partial charge is 0.366 e. The van der Waals surface area contributed by atoms with E-state index in [9.17, 15) is 18.0 Å². The van der Waals surface area contributed by atoms with E-state index in [1.165, 1.54) is 10.7 Å². The zero-order chi connectivity index (χ0) is 19.2. The van der Waals surface area contributed by atoms with E-state index in [0.29, 0.717) is 16.8 Å². The van der Waals surface area contributed by atoms with Gasteiger partial charge in [-0.25, -0.2) is 4.68 Å². The van der Waals surface area contributed by atoms with Crippen molar-refractivity contribution in [3.63, 3.8) is 0 Å². The average molecular weight is 409 g/mol. The van der Waals surface area contributed by atoms with E-state index < -0.39 is 17.8 Å². The molecular weight excluding hydrogens is 393 g/mol. The number of primary amides is 1. The molecule has 0 spiro atoms. The van der Waals surface area contributed by atoms with Gasteiger partial charge in [0.25, 0.3) is 5.91 Å². The monoisotopic (exact) mass is 408 g/mol. The lowest BCUT2D eigenvalue weighted by atomic mass is 10.0. The number of carbonyl (C=O) groups excluding carboxylic acids is 1. The van der Waals surface area contributed by atoms with Gasteiger partial charge in [0.05, 0.1) is 11.3 Å². The van der Waals surface area contributed by atoms with Crippen molar-refractivity contribution in [1.82, 2.24) is 14.8 Å². The van der Waals surface area contributed by atoms with Gasteiger partial charge in [-0.2, -0.15) is 18.3 Å². The van der Waals surface area contributed by atoms with Crippen LogP contribution in [0.25, 0.3) is 16.8 Å². The summed E-state index contributed by atoms with van der Waals surface area (Å²) < 4.78 is 41.1. The summed E-state index contributed by atoms with van der Waals surface area (Å²) in [6.07, 6.45) is 0.153. The van der Waals surface area contributed by atoms with E-state index in [2.05, 4.69) is 10.1 Å². The highest BCUT2D eigenvalue weighted by atomic mass is 35.5. The van der Waals surface area contributed by atoms with Gasteiger partial charge in [-0.05, 0) is 31.0 Å². The van der Waals surface area contributed by atoms with Gasteiger partial charge < -0.3 is 5.73 Å². The van der Waals surface area contributed by atoms with Crippen LogP contribution in [0.3, 0.4) is 0 Å². The van der Waals surface area contributed by atoms with Crippen LogP contribution in [0.2, 0.25) is 0 Å². The fraction of sp³-hybridized carbons (Fsp3) is 0.211. The molecule has 9 heteroatoms. The molecule has 1 fully saturated rings. The molecule has 28 heavy (non-hydrogen) atoms. The standard InChI is InChI=1S/C19H15F3N4O.ClH/c20-19(21,22)16-9-15(11-6-7-11)26(25-16)17-13(12-3-2-8-24-10-12)4-1-5-14(17)18(23)27;/h1-5,8-11H,6-7H2,(H2,23,27);1H. The number of carbonyl (C=O) groups is 1. The van der Waals surface area contributed by atoms with E-state index in [0.717, 1.165) is 18.9 Å². The predicted octanol–water partition coefficient (Wildman–Crippen LogP) is 4.35. The second-order valence-electron chi connectivity index (χ2n) is 6.45. The van der Waals surface area contributed by atoms with E-state index in [-0.39, 0.29) is 29.6 Å². The quantitative estimate of drug-likeness (QED) is 0.697. The Balaban J connectivity index is 0.00000225. The molecule has 146 valence electrons. The van der Waals surface area contributed by atoms with Gasteiger partial charge in [-0.15, -0.1) is 12.4 Å². The van der Waals surface area contributed by atoms with Gasteiger partial charge in [-0.3, -0.25) is 9.78 Å². The molecule has 3 aromatic rings. The summed E-state index contributed by atoms with van der Waals surface area (Å²) in [5.74, 6) is -0.752. The molecular formula is C19H16ClF3N4O. The van der Waals surface area contributed by atoms with E-state index in [1.807, 2.05) is 0 Å². The molecule has 1 aliphatic rings. The number of halogens is 4. The normalized spacial score (nSPS) is 13.8. The van der Waals surface area contributed by atoms with Crippen LogP contribution in [0.15, 0.2) is 48.8 Å². The Morgan fingerprint density at radius 3 is 2.50 bits per heavy atom. The molecule has 2 heterocycles. The number of alkyl halides is 3. The number of para-hydroxylation sites is 1. The molecule has 2 aromatic heterocycles. The molecule has 1 saturated carbocycles. The number of pyridine rings is 1. The Kier molecular flexibility index (Phi) is 5.16. The minimum absolute atomic E-state index is 0. The van der Waals surface area contributed by atoms with Crippen molar-refractivity contribution in [2.75, 3.05) is 0 Å². The third kappa shape index (κ3) is 3.60. The average Bonchev–Trinajstić information content (AvgIpc) is 3.38. The number of hydrogen-bond acceptors (Lipinski definition) is 3. The van der Waals surface area contributed by atoms with E-state index >= 15 is 0 Å². The third-order valence-corrected chi connectivity index (χ3v) is 4.51. The van der Waals surface area contributed by atoms with Gasteiger partial charge in [0.1, 0.15) is 0 Å². The summed E-state index contributed by atoms with van der Waals surface area (Å²) in [5, 5.41) is 3.81. The maximum Gasteiger partial charge on any atom is 0.435 e. The molecule has 1 aliphatic carbocycles. The molecule has 1 aromatic carbocycles.